The second-order valence-electron chi connectivity index (χ2n) is 5.05. The average molecular weight is 359 g/mol. The van der Waals surface area contributed by atoms with Gasteiger partial charge >= 0.3 is 0 Å². The van der Waals surface area contributed by atoms with Crippen LogP contribution in [0.4, 0.5) is 0 Å². The SMILES string of the molecule is CC.CC.CCc1ccc(S(=O)(=O)N2CCN(C)CC2)c(OC)c1. The van der Waals surface area contributed by atoms with Crippen LogP contribution in [0.2, 0.25) is 0 Å². The topological polar surface area (TPSA) is 49.9 Å². The number of hydrogen-bond donors (Lipinski definition) is 0. The Kier molecular flexibility index (Phi) is 10.9. The molecule has 1 fully saturated rings. The third-order valence-electron chi connectivity index (χ3n) is 3.72. The number of methoxy groups -OCH3 is 1. The molecule has 1 aromatic carbocycles. The molecule has 1 aromatic rings. The molecule has 140 valence electrons. The van der Waals surface area contributed by atoms with Gasteiger partial charge in [0.2, 0.25) is 10.0 Å². The van der Waals surface area contributed by atoms with Crippen molar-refractivity contribution in [3.8, 4) is 5.75 Å². The normalized spacial score (nSPS) is 15.6. The molecule has 0 amide bonds. The molecule has 0 N–H and O–H groups in total. The molecule has 0 saturated carbocycles. The summed E-state index contributed by atoms with van der Waals surface area (Å²) >= 11 is 0. The minimum Gasteiger partial charge on any atom is -0.495 e. The van der Waals surface area contributed by atoms with E-state index in [0.717, 1.165) is 25.1 Å². The number of rotatable bonds is 4. The molecule has 24 heavy (non-hydrogen) atoms. The van der Waals surface area contributed by atoms with Gasteiger partial charge in [-0.05, 0) is 31.2 Å². The number of benzene rings is 1. The lowest BCUT2D eigenvalue weighted by Gasteiger charge is -2.31. The molecule has 2 rings (SSSR count). The highest BCUT2D eigenvalue weighted by molar-refractivity contribution is 7.89. The maximum absolute atomic E-state index is 12.7. The summed E-state index contributed by atoms with van der Waals surface area (Å²) in [6.45, 7) is 12.6. The van der Waals surface area contributed by atoms with E-state index in [2.05, 4.69) is 4.90 Å². The minimum absolute atomic E-state index is 0.266. The van der Waals surface area contributed by atoms with Gasteiger partial charge in [-0.15, -0.1) is 0 Å². The third kappa shape index (κ3) is 5.76. The molecule has 0 radical (unpaired) electrons. The van der Waals surface area contributed by atoms with Crippen LogP contribution in [0, 0.1) is 0 Å². The Labute approximate surface area is 148 Å². The van der Waals surface area contributed by atoms with E-state index in [1.807, 2.05) is 53.8 Å². The first-order chi connectivity index (χ1) is 11.5. The summed E-state index contributed by atoms with van der Waals surface area (Å²) in [6.07, 6.45) is 0.852. The molecular formula is C18H34N2O3S. The zero-order valence-corrected chi connectivity index (χ0v) is 17.1. The summed E-state index contributed by atoms with van der Waals surface area (Å²) in [6, 6.07) is 5.32. The van der Waals surface area contributed by atoms with Crippen LogP contribution in [0.25, 0.3) is 0 Å². The number of sulfonamides is 1. The molecule has 1 saturated heterocycles. The van der Waals surface area contributed by atoms with Crippen molar-refractivity contribution in [2.75, 3.05) is 40.3 Å². The number of piperazine rings is 1. The van der Waals surface area contributed by atoms with Gasteiger partial charge in [0.25, 0.3) is 0 Å². The smallest absolute Gasteiger partial charge is 0.246 e. The summed E-state index contributed by atoms with van der Waals surface area (Å²) in [7, 11) is 0.0407. The average Bonchev–Trinajstić information content (AvgIpc) is 2.64. The molecule has 5 nitrogen and oxygen atoms in total. The molecule has 1 heterocycles. The highest BCUT2D eigenvalue weighted by Gasteiger charge is 2.29. The van der Waals surface area contributed by atoms with E-state index in [-0.39, 0.29) is 4.90 Å². The van der Waals surface area contributed by atoms with Crippen LogP contribution >= 0.6 is 0 Å². The first-order valence-corrected chi connectivity index (χ1v) is 10.3. The van der Waals surface area contributed by atoms with Crippen molar-refractivity contribution >= 4 is 10.0 Å². The highest BCUT2D eigenvalue weighted by Crippen LogP contribution is 2.28. The summed E-state index contributed by atoms with van der Waals surface area (Å²) in [5.41, 5.74) is 1.07. The Morgan fingerprint density at radius 2 is 1.58 bits per heavy atom. The highest BCUT2D eigenvalue weighted by atomic mass is 32.2. The second kappa shape index (κ2) is 11.4. The molecule has 0 atom stereocenters. The van der Waals surface area contributed by atoms with Crippen LogP contribution in [0.1, 0.15) is 40.2 Å². The van der Waals surface area contributed by atoms with Crippen LogP contribution in [0.5, 0.6) is 5.75 Å². The van der Waals surface area contributed by atoms with Gasteiger partial charge in [0.05, 0.1) is 7.11 Å². The molecule has 0 aromatic heterocycles. The van der Waals surface area contributed by atoms with E-state index in [0.29, 0.717) is 18.8 Å². The molecule has 0 unspecified atom stereocenters. The standard InChI is InChI=1S/C14H22N2O3S.2C2H6/c1-4-12-5-6-14(13(11-12)19-3)20(17,18)16-9-7-15(2)8-10-16;2*1-2/h5-6,11H,4,7-10H2,1-3H3;2*1-2H3. The number of hydrogen-bond acceptors (Lipinski definition) is 4. The first kappa shape index (κ1) is 22.9. The maximum atomic E-state index is 12.7. The zero-order valence-electron chi connectivity index (χ0n) is 16.3. The summed E-state index contributed by atoms with van der Waals surface area (Å²) < 4.78 is 32.2. The fraction of sp³-hybridized carbons (Fsp3) is 0.667. The zero-order chi connectivity index (χ0) is 18.8. The Hall–Kier alpha value is -1.11. The van der Waals surface area contributed by atoms with Crippen LogP contribution in [0.3, 0.4) is 0 Å². The maximum Gasteiger partial charge on any atom is 0.246 e. The predicted molar refractivity (Wildman–Crippen MR) is 101 cm³/mol. The second-order valence-corrected chi connectivity index (χ2v) is 6.95. The monoisotopic (exact) mass is 358 g/mol. The Bertz CT molecular complexity index is 566. The number of likely N-dealkylation sites (N-methyl/N-ethyl adjacent to an activating group) is 1. The van der Waals surface area contributed by atoms with Crippen molar-refractivity contribution in [3.63, 3.8) is 0 Å². The molecular weight excluding hydrogens is 324 g/mol. The first-order valence-electron chi connectivity index (χ1n) is 8.84. The van der Waals surface area contributed by atoms with Gasteiger partial charge < -0.3 is 9.64 Å². The Balaban J connectivity index is 0.00000123. The summed E-state index contributed by atoms with van der Waals surface area (Å²) in [5.74, 6) is 0.434. The van der Waals surface area contributed by atoms with Crippen molar-refractivity contribution in [1.82, 2.24) is 9.21 Å². The van der Waals surface area contributed by atoms with Crippen LogP contribution in [-0.4, -0.2) is 58.0 Å². The van der Waals surface area contributed by atoms with Crippen molar-refractivity contribution in [1.29, 1.82) is 0 Å². The summed E-state index contributed by atoms with van der Waals surface area (Å²) in [4.78, 5) is 2.39. The van der Waals surface area contributed by atoms with Crippen molar-refractivity contribution in [2.45, 2.75) is 45.9 Å². The molecule has 1 aliphatic rings. The quantitative estimate of drug-likeness (QED) is 0.829. The third-order valence-corrected chi connectivity index (χ3v) is 5.65. The molecule has 1 aliphatic heterocycles. The van der Waals surface area contributed by atoms with Gasteiger partial charge in [0.1, 0.15) is 10.6 Å². The van der Waals surface area contributed by atoms with Gasteiger partial charge in [0, 0.05) is 26.2 Å². The van der Waals surface area contributed by atoms with E-state index < -0.39 is 10.0 Å². The van der Waals surface area contributed by atoms with E-state index >= 15 is 0 Å². The predicted octanol–water partition coefficient (Wildman–Crippen LogP) is 3.25. The van der Waals surface area contributed by atoms with E-state index in [4.69, 9.17) is 4.74 Å². The van der Waals surface area contributed by atoms with Gasteiger partial charge in [0.15, 0.2) is 0 Å². The largest absolute Gasteiger partial charge is 0.495 e. The lowest BCUT2D eigenvalue weighted by molar-refractivity contribution is 0.222. The van der Waals surface area contributed by atoms with Crippen molar-refractivity contribution < 1.29 is 13.2 Å². The fourth-order valence-corrected chi connectivity index (χ4v) is 3.87. The molecule has 0 aliphatic carbocycles. The van der Waals surface area contributed by atoms with Gasteiger partial charge in [-0.25, -0.2) is 8.42 Å². The molecule has 0 bridgehead atoms. The van der Waals surface area contributed by atoms with Gasteiger partial charge in [-0.3, -0.25) is 0 Å². The number of ether oxygens (including phenoxy) is 1. The Morgan fingerprint density at radius 3 is 2.04 bits per heavy atom. The van der Waals surface area contributed by atoms with Crippen LogP contribution in [0.15, 0.2) is 23.1 Å². The van der Waals surface area contributed by atoms with Crippen LogP contribution < -0.4 is 4.74 Å². The summed E-state index contributed by atoms with van der Waals surface area (Å²) in [5, 5.41) is 0. The van der Waals surface area contributed by atoms with E-state index in [1.54, 1.807) is 6.07 Å². The van der Waals surface area contributed by atoms with Crippen molar-refractivity contribution in [3.05, 3.63) is 23.8 Å². The molecule has 0 spiro atoms. The van der Waals surface area contributed by atoms with Crippen molar-refractivity contribution in [2.24, 2.45) is 0 Å². The lowest BCUT2D eigenvalue weighted by Crippen LogP contribution is -2.47. The number of aryl methyl sites for hydroxylation is 1. The fourth-order valence-electron chi connectivity index (χ4n) is 2.31. The van der Waals surface area contributed by atoms with Gasteiger partial charge in [-0.1, -0.05) is 40.7 Å². The number of nitrogens with zero attached hydrogens (tertiary/aromatic N) is 2. The van der Waals surface area contributed by atoms with E-state index in [1.165, 1.54) is 11.4 Å². The van der Waals surface area contributed by atoms with Crippen LogP contribution in [-0.2, 0) is 16.4 Å². The minimum atomic E-state index is -3.47. The lowest BCUT2D eigenvalue weighted by atomic mass is 10.2. The van der Waals surface area contributed by atoms with Gasteiger partial charge in [-0.2, -0.15) is 4.31 Å². The molecule has 6 heteroatoms. The Morgan fingerprint density at radius 1 is 1.04 bits per heavy atom. The van der Waals surface area contributed by atoms with E-state index in [9.17, 15) is 8.42 Å².